The Kier molecular flexibility index (Phi) is 5.11. The Morgan fingerprint density at radius 1 is 1.06 bits per heavy atom. The summed E-state index contributed by atoms with van der Waals surface area (Å²) >= 11 is 0. The zero-order chi connectivity index (χ0) is 11.2. The van der Waals surface area contributed by atoms with Crippen LogP contribution < -0.4 is 5.32 Å². The van der Waals surface area contributed by atoms with Crippen molar-refractivity contribution in [2.75, 3.05) is 19.8 Å². The van der Waals surface area contributed by atoms with Crippen molar-refractivity contribution in [3.8, 4) is 0 Å². The molecule has 0 saturated heterocycles. The van der Waals surface area contributed by atoms with Crippen LogP contribution in [0.5, 0.6) is 0 Å². The number of nitrogens with one attached hydrogen (secondary N) is 1. The second kappa shape index (κ2) is 6.61. The molecule has 0 bridgehead atoms. The van der Waals surface area contributed by atoms with Gasteiger partial charge in [-0.3, -0.25) is 0 Å². The van der Waals surface area contributed by atoms with Gasteiger partial charge in [-0.25, -0.2) is 0 Å². The maximum atomic E-state index is 5.37. The van der Waals surface area contributed by atoms with E-state index in [4.69, 9.17) is 4.74 Å². The standard InChI is InChI=1S/C14H27NO/c1-2-16-10-9-15-14-8-7-12-5-3-4-6-13(12)11-14/h12-15H,2-11H2,1H3. The van der Waals surface area contributed by atoms with Crippen molar-refractivity contribution in [3.63, 3.8) is 0 Å². The molecule has 94 valence electrons. The zero-order valence-electron chi connectivity index (χ0n) is 10.7. The SMILES string of the molecule is CCOCCNC1CCC2CCCCC2C1. The molecule has 0 radical (unpaired) electrons. The van der Waals surface area contributed by atoms with Gasteiger partial charge < -0.3 is 10.1 Å². The Labute approximate surface area is 100 Å². The highest BCUT2D eigenvalue weighted by Gasteiger charge is 2.31. The molecule has 0 spiro atoms. The topological polar surface area (TPSA) is 21.3 Å². The fourth-order valence-electron chi connectivity index (χ4n) is 3.54. The lowest BCUT2D eigenvalue weighted by atomic mass is 9.69. The molecule has 2 fully saturated rings. The number of hydrogen-bond acceptors (Lipinski definition) is 2. The van der Waals surface area contributed by atoms with Gasteiger partial charge >= 0.3 is 0 Å². The van der Waals surface area contributed by atoms with Crippen molar-refractivity contribution in [1.82, 2.24) is 5.32 Å². The smallest absolute Gasteiger partial charge is 0.0590 e. The molecule has 0 aliphatic heterocycles. The Bertz CT molecular complexity index is 195. The summed E-state index contributed by atoms with van der Waals surface area (Å²) in [6.45, 7) is 4.82. The predicted molar refractivity (Wildman–Crippen MR) is 67.6 cm³/mol. The van der Waals surface area contributed by atoms with Gasteiger partial charge in [0.15, 0.2) is 0 Å². The van der Waals surface area contributed by atoms with Crippen LogP contribution in [0, 0.1) is 11.8 Å². The number of rotatable bonds is 5. The molecule has 2 heteroatoms. The van der Waals surface area contributed by atoms with Crippen molar-refractivity contribution in [2.24, 2.45) is 11.8 Å². The highest BCUT2D eigenvalue weighted by Crippen LogP contribution is 2.40. The summed E-state index contributed by atoms with van der Waals surface area (Å²) < 4.78 is 5.37. The summed E-state index contributed by atoms with van der Waals surface area (Å²) in [6, 6.07) is 0.778. The van der Waals surface area contributed by atoms with Gasteiger partial charge in [-0.15, -0.1) is 0 Å². The lowest BCUT2D eigenvalue weighted by molar-refractivity contribution is 0.123. The van der Waals surface area contributed by atoms with Gasteiger partial charge in [0.2, 0.25) is 0 Å². The lowest BCUT2D eigenvalue weighted by Crippen LogP contribution is -2.40. The van der Waals surface area contributed by atoms with Crippen LogP contribution in [-0.4, -0.2) is 25.8 Å². The molecule has 1 N–H and O–H groups in total. The third kappa shape index (κ3) is 3.46. The largest absolute Gasteiger partial charge is 0.380 e. The molecule has 2 nitrogen and oxygen atoms in total. The van der Waals surface area contributed by atoms with Crippen LogP contribution in [0.25, 0.3) is 0 Å². The molecule has 0 aromatic rings. The Morgan fingerprint density at radius 3 is 2.69 bits per heavy atom. The fourth-order valence-corrected chi connectivity index (χ4v) is 3.54. The van der Waals surface area contributed by atoms with Crippen LogP contribution in [-0.2, 0) is 4.74 Å². The summed E-state index contributed by atoms with van der Waals surface area (Å²) in [6.07, 6.45) is 10.3. The first-order valence-corrected chi connectivity index (χ1v) is 7.21. The van der Waals surface area contributed by atoms with Crippen LogP contribution in [0.2, 0.25) is 0 Å². The molecular weight excluding hydrogens is 198 g/mol. The summed E-state index contributed by atoms with van der Waals surface area (Å²) in [5, 5.41) is 3.66. The van der Waals surface area contributed by atoms with E-state index >= 15 is 0 Å². The second-order valence-electron chi connectivity index (χ2n) is 5.47. The van der Waals surface area contributed by atoms with Gasteiger partial charge in [-0.1, -0.05) is 25.7 Å². The normalized spacial score (nSPS) is 34.7. The van der Waals surface area contributed by atoms with Gasteiger partial charge in [0.25, 0.3) is 0 Å². The van der Waals surface area contributed by atoms with E-state index in [1.54, 1.807) is 0 Å². The Hall–Kier alpha value is -0.0800. The van der Waals surface area contributed by atoms with Crippen molar-refractivity contribution >= 4 is 0 Å². The number of ether oxygens (including phenoxy) is 1. The van der Waals surface area contributed by atoms with E-state index in [9.17, 15) is 0 Å². The van der Waals surface area contributed by atoms with Gasteiger partial charge in [0.05, 0.1) is 6.61 Å². The minimum atomic E-state index is 0.778. The lowest BCUT2D eigenvalue weighted by Gasteiger charge is -2.39. The molecule has 3 atom stereocenters. The summed E-state index contributed by atoms with van der Waals surface area (Å²) in [7, 11) is 0. The predicted octanol–water partition coefficient (Wildman–Crippen LogP) is 2.97. The van der Waals surface area contributed by atoms with Gasteiger partial charge in [-0.05, 0) is 38.0 Å². The van der Waals surface area contributed by atoms with E-state index in [1.807, 2.05) is 0 Å². The van der Waals surface area contributed by atoms with E-state index in [1.165, 1.54) is 44.9 Å². The van der Waals surface area contributed by atoms with E-state index in [0.29, 0.717) is 0 Å². The highest BCUT2D eigenvalue weighted by molar-refractivity contribution is 4.86. The molecule has 16 heavy (non-hydrogen) atoms. The molecule has 0 heterocycles. The van der Waals surface area contributed by atoms with E-state index in [0.717, 1.165) is 37.6 Å². The van der Waals surface area contributed by atoms with Crippen LogP contribution in [0.4, 0.5) is 0 Å². The first kappa shape index (κ1) is 12.4. The average Bonchev–Trinajstić information content (AvgIpc) is 2.34. The summed E-state index contributed by atoms with van der Waals surface area (Å²) in [5.41, 5.74) is 0. The molecule has 3 unspecified atom stereocenters. The first-order chi connectivity index (χ1) is 7.90. The van der Waals surface area contributed by atoms with E-state index in [2.05, 4.69) is 12.2 Å². The first-order valence-electron chi connectivity index (χ1n) is 7.21. The fraction of sp³-hybridized carbons (Fsp3) is 1.00. The van der Waals surface area contributed by atoms with Crippen molar-refractivity contribution < 1.29 is 4.74 Å². The third-order valence-corrected chi connectivity index (χ3v) is 4.42. The monoisotopic (exact) mass is 225 g/mol. The maximum absolute atomic E-state index is 5.37. The molecular formula is C14H27NO. The van der Waals surface area contributed by atoms with E-state index in [-0.39, 0.29) is 0 Å². The number of fused-ring (bicyclic) bond motifs is 1. The average molecular weight is 225 g/mol. The van der Waals surface area contributed by atoms with Gasteiger partial charge in [0.1, 0.15) is 0 Å². The Balaban J connectivity index is 1.65. The summed E-state index contributed by atoms with van der Waals surface area (Å²) in [5.74, 6) is 2.10. The molecule has 0 aromatic heterocycles. The quantitative estimate of drug-likeness (QED) is 0.726. The molecule has 2 aliphatic carbocycles. The maximum Gasteiger partial charge on any atom is 0.0590 e. The van der Waals surface area contributed by atoms with Crippen molar-refractivity contribution in [3.05, 3.63) is 0 Å². The van der Waals surface area contributed by atoms with Crippen molar-refractivity contribution in [2.45, 2.75) is 57.9 Å². The van der Waals surface area contributed by atoms with Gasteiger partial charge in [0, 0.05) is 19.2 Å². The number of hydrogen-bond donors (Lipinski definition) is 1. The molecule has 2 saturated carbocycles. The molecule has 0 amide bonds. The third-order valence-electron chi connectivity index (χ3n) is 4.42. The summed E-state index contributed by atoms with van der Waals surface area (Å²) in [4.78, 5) is 0. The molecule has 0 aromatic carbocycles. The second-order valence-corrected chi connectivity index (χ2v) is 5.47. The minimum absolute atomic E-state index is 0.778. The zero-order valence-corrected chi connectivity index (χ0v) is 10.7. The van der Waals surface area contributed by atoms with Crippen LogP contribution in [0.3, 0.4) is 0 Å². The Morgan fingerprint density at radius 2 is 1.88 bits per heavy atom. The molecule has 2 rings (SSSR count). The van der Waals surface area contributed by atoms with Crippen LogP contribution in [0.15, 0.2) is 0 Å². The van der Waals surface area contributed by atoms with Gasteiger partial charge in [-0.2, -0.15) is 0 Å². The van der Waals surface area contributed by atoms with Crippen LogP contribution >= 0.6 is 0 Å². The highest BCUT2D eigenvalue weighted by atomic mass is 16.5. The van der Waals surface area contributed by atoms with Crippen molar-refractivity contribution in [1.29, 1.82) is 0 Å². The van der Waals surface area contributed by atoms with E-state index < -0.39 is 0 Å². The molecule has 2 aliphatic rings. The van der Waals surface area contributed by atoms with Crippen LogP contribution in [0.1, 0.15) is 51.9 Å². The minimum Gasteiger partial charge on any atom is -0.380 e.